The van der Waals surface area contributed by atoms with Gasteiger partial charge in [0.05, 0.1) is 15.8 Å². The van der Waals surface area contributed by atoms with Crippen molar-refractivity contribution in [3.8, 4) is 0 Å². The zero-order chi connectivity index (χ0) is 16.9. The first-order valence-corrected chi connectivity index (χ1v) is 8.74. The summed E-state index contributed by atoms with van der Waals surface area (Å²) in [5.41, 5.74) is 2.88. The maximum atomic E-state index is 12.1. The average Bonchev–Trinajstić information content (AvgIpc) is 3.16. The number of rotatable bonds is 6. The van der Waals surface area contributed by atoms with Gasteiger partial charge in [0, 0.05) is 37.2 Å². The minimum atomic E-state index is -0.0191. The fourth-order valence-corrected chi connectivity index (χ4v) is 2.81. The Hall–Kier alpha value is -2.16. The summed E-state index contributed by atoms with van der Waals surface area (Å²) in [6.07, 6.45) is 6.01. The number of aromatic nitrogens is 4. The largest absolute Gasteiger partial charge is 0.326 e. The molecule has 6 nitrogen and oxygen atoms in total. The SMILES string of the molecule is Cc1nn(CCC(=O)Nc2cccc(Cn3cccn3)c2)cc1I. The molecule has 2 heterocycles. The number of halogens is 1. The van der Waals surface area contributed by atoms with Crippen LogP contribution >= 0.6 is 22.6 Å². The lowest BCUT2D eigenvalue weighted by atomic mass is 10.2. The van der Waals surface area contributed by atoms with Crippen LogP contribution in [0.2, 0.25) is 0 Å². The molecule has 0 atom stereocenters. The Morgan fingerprint density at radius 2 is 2.17 bits per heavy atom. The molecule has 0 bridgehead atoms. The van der Waals surface area contributed by atoms with E-state index in [2.05, 4.69) is 38.1 Å². The van der Waals surface area contributed by atoms with Crippen LogP contribution in [0.4, 0.5) is 5.69 Å². The molecule has 0 unspecified atom stereocenters. The van der Waals surface area contributed by atoms with Gasteiger partial charge in [-0.2, -0.15) is 10.2 Å². The van der Waals surface area contributed by atoms with Crippen LogP contribution in [0, 0.1) is 10.5 Å². The summed E-state index contributed by atoms with van der Waals surface area (Å²) in [5, 5.41) is 11.5. The number of carbonyl (C=O) groups is 1. The van der Waals surface area contributed by atoms with Gasteiger partial charge in [-0.15, -0.1) is 0 Å². The molecule has 0 aliphatic heterocycles. The Bertz CT molecular complexity index is 806. The summed E-state index contributed by atoms with van der Waals surface area (Å²) in [6, 6.07) is 9.72. The Kier molecular flexibility index (Phi) is 5.29. The molecule has 7 heteroatoms. The van der Waals surface area contributed by atoms with Crippen molar-refractivity contribution in [1.29, 1.82) is 0 Å². The zero-order valence-electron chi connectivity index (χ0n) is 13.3. The van der Waals surface area contributed by atoms with Gasteiger partial charge in [-0.1, -0.05) is 12.1 Å². The second kappa shape index (κ2) is 7.61. The van der Waals surface area contributed by atoms with E-state index in [1.807, 2.05) is 59.0 Å². The van der Waals surface area contributed by atoms with Crippen molar-refractivity contribution in [1.82, 2.24) is 19.6 Å². The molecule has 1 N–H and O–H groups in total. The first-order valence-electron chi connectivity index (χ1n) is 7.66. The van der Waals surface area contributed by atoms with E-state index in [1.165, 1.54) is 0 Å². The quantitative estimate of drug-likeness (QED) is 0.606. The van der Waals surface area contributed by atoms with Gasteiger partial charge < -0.3 is 5.32 Å². The van der Waals surface area contributed by atoms with Gasteiger partial charge in [0.15, 0.2) is 0 Å². The van der Waals surface area contributed by atoms with Gasteiger partial charge in [-0.25, -0.2) is 0 Å². The van der Waals surface area contributed by atoms with Gasteiger partial charge in [-0.05, 0) is 53.3 Å². The average molecular weight is 435 g/mol. The highest BCUT2D eigenvalue weighted by Crippen LogP contribution is 2.13. The number of amides is 1. The molecular formula is C17H18IN5O. The van der Waals surface area contributed by atoms with Crippen molar-refractivity contribution in [2.24, 2.45) is 0 Å². The van der Waals surface area contributed by atoms with Gasteiger partial charge in [0.1, 0.15) is 0 Å². The standard InChI is InChI=1S/C17H18IN5O/c1-13-16(18)12-23(21-13)9-6-17(24)20-15-5-2-4-14(10-15)11-22-8-3-7-19-22/h2-5,7-8,10,12H,6,9,11H2,1H3,(H,20,24). The third-order valence-corrected chi connectivity index (χ3v) is 4.63. The van der Waals surface area contributed by atoms with E-state index in [9.17, 15) is 4.79 Å². The lowest BCUT2D eigenvalue weighted by molar-refractivity contribution is -0.116. The second-order valence-electron chi connectivity index (χ2n) is 5.53. The van der Waals surface area contributed by atoms with Crippen LogP contribution in [0.5, 0.6) is 0 Å². The molecule has 0 saturated carbocycles. The fourth-order valence-electron chi connectivity index (χ4n) is 2.38. The van der Waals surface area contributed by atoms with Crippen molar-refractivity contribution in [2.45, 2.75) is 26.4 Å². The number of carbonyl (C=O) groups excluding carboxylic acids is 1. The first kappa shape index (κ1) is 16.7. The third kappa shape index (κ3) is 4.44. The minimum absolute atomic E-state index is 0.0191. The number of aryl methyl sites for hydroxylation is 2. The van der Waals surface area contributed by atoms with Crippen molar-refractivity contribution in [2.75, 3.05) is 5.32 Å². The summed E-state index contributed by atoms with van der Waals surface area (Å²) in [4.78, 5) is 12.1. The number of nitrogens with one attached hydrogen (secondary N) is 1. The predicted molar refractivity (Wildman–Crippen MR) is 101 cm³/mol. The van der Waals surface area contributed by atoms with E-state index in [0.29, 0.717) is 19.5 Å². The number of hydrogen-bond acceptors (Lipinski definition) is 3. The van der Waals surface area contributed by atoms with Crippen molar-refractivity contribution in [3.05, 3.63) is 63.7 Å². The van der Waals surface area contributed by atoms with Gasteiger partial charge in [-0.3, -0.25) is 14.2 Å². The predicted octanol–water partition coefficient (Wildman–Crippen LogP) is 3.07. The van der Waals surface area contributed by atoms with Crippen LogP contribution in [0.25, 0.3) is 0 Å². The lowest BCUT2D eigenvalue weighted by Gasteiger charge is -2.08. The number of hydrogen-bond donors (Lipinski definition) is 1. The van der Waals surface area contributed by atoms with Crippen LogP contribution in [0.1, 0.15) is 17.7 Å². The molecule has 124 valence electrons. The molecule has 3 rings (SSSR count). The van der Waals surface area contributed by atoms with E-state index < -0.39 is 0 Å². The monoisotopic (exact) mass is 435 g/mol. The highest BCUT2D eigenvalue weighted by Gasteiger charge is 2.06. The van der Waals surface area contributed by atoms with Crippen LogP contribution < -0.4 is 5.32 Å². The van der Waals surface area contributed by atoms with Crippen molar-refractivity contribution >= 4 is 34.2 Å². The number of benzene rings is 1. The molecule has 0 aliphatic rings. The smallest absolute Gasteiger partial charge is 0.226 e. The molecule has 3 aromatic rings. The molecule has 0 fully saturated rings. The van der Waals surface area contributed by atoms with E-state index in [-0.39, 0.29) is 5.91 Å². The van der Waals surface area contributed by atoms with Crippen LogP contribution in [0.15, 0.2) is 48.9 Å². The van der Waals surface area contributed by atoms with Gasteiger partial charge in [0.25, 0.3) is 0 Å². The zero-order valence-corrected chi connectivity index (χ0v) is 15.5. The number of nitrogens with zero attached hydrogens (tertiary/aromatic N) is 4. The fraction of sp³-hybridized carbons (Fsp3) is 0.235. The molecule has 2 aromatic heterocycles. The number of anilines is 1. The van der Waals surface area contributed by atoms with Crippen LogP contribution in [0.3, 0.4) is 0 Å². The Balaban J connectivity index is 1.56. The maximum absolute atomic E-state index is 12.1. The molecular weight excluding hydrogens is 417 g/mol. The maximum Gasteiger partial charge on any atom is 0.226 e. The van der Waals surface area contributed by atoms with Gasteiger partial charge in [0.2, 0.25) is 5.91 Å². The lowest BCUT2D eigenvalue weighted by Crippen LogP contribution is -2.15. The van der Waals surface area contributed by atoms with Crippen LogP contribution in [-0.4, -0.2) is 25.5 Å². The minimum Gasteiger partial charge on any atom is -0.326 e. The molecule has 24 heavy (non-hydrogen) atoms. The molecule has 1 amide bonds. The summed E-state index contributed by atoms with van der Waals surface area (Å²) in [6.45, 7) is 3.22. The summed E-state index contributed by atoms with van der Waals surface area (Å²) in [5.74, 6) is -0.0191. The Morgan fingerprint density at radius 3 is 2.88 bits per heavy atom. The second-order valence-corrected chi connectivity index (χ2v) is 6.69. The van der Waals surface area contributed by atoms with Gasteiger partial charge >= 0.3 is 0 Å². The van der Waals surface area contributed by atoms with Crippen molar-refractivity contribution < 1.29 is 4.79 Å². The summed E-state index contributed by atoms with van der Waals surface area (Å²) in [7, 11) is 0. The normalized spacial score (nSPS) is 10.8. The van der Waals surface area contributed by atoms with Crippen molar-refractivity contribution in [3.63, 3.8) is 0 Å². The van der Waals surface area contributed by atoms with E-state index in [4.69, 9.17) is 0 Å². The molecule has 0 saturated heterocycles. The third-order valence-electron chi connectivity index (χ3n) is 3.57. The van der Waals surface area contributed by atoms with E-state index in [0.717, 1.165) is 20.5 Å². The van der Waals surface area contributed by atoms with E-state index in [1.54, 1.807) is 6.20 Å². The summed E-state index contributed by atoms with van der Waals surface area (Å²) < 4.78 is 4.77. The Morgan fingerprint density at radius 1 is 1.29 bits per heavy atom. The first-order chi connectivity index (χ1) is 11.6. The summed E-state index contributed by atoms with van der Waals surface area (Å²) >= 11 is 2.24. The van der Waals surface area contributed by atoms with E-state index >= 15 is 0 Å². The highest BCUT2D eigenvalue weighted by molar-refractivity contribution is 14.1. The topological polar surface area (TPSA) is 64.7 Å². The van der Waals surface area contributed by atoms with Crippen LogP contribution in [-0.2, 0) is 17.9 Å². The highest BCUT2D eigenvalue weighted by atomic mass is 127. The molecule has 0 spiro atoms. The molecule has 0 aliphatic carbocycles. The Labute approximate surface area is 154 Å². The molecule has 0 radical (unpaired) electrons. The molecule has 1 aromatic carbocycles.